The number of likely N-dealkylation sites (tertiary alicyclic amines) is 1. The maximum absolute atomic E-state index is 13.1. The number of nitrogens with one attached hydrogen (secondary N) is 2. The van der Waals surface area contributed by atoms with Gasteiger partial charge in [-0.05, 0) is 76.8 Å². The number of rotatable bonds is 7. The van der Waals surface area contributed by atoms with Crippen LogP contribution in [0.5, 0.6) is 11.6 Å². The third-order valence-corrected chi connectivity index (χ3v) is 8.32. The standard InChI is InChI=1S/C35H37F3N6O4/c1-20-12-13-22-23(9-5-11-27(22)42-30(45)25-18-26(25)35(36,37)38)29(20)47-31-24(10-6-15-39-31)28-14-16-40-32(43-28)41-21-8-7-17-44(19-21)33(46)48-34(2,3)4/h5-6,9-16,21,25-26H,7-8,17-19H2,1-4H3,(H,42,45)(H,40,41,43)/t21-,25?,26?/m0/s1. The zero-order chi connectivity index (χ0) is 34.2. The molecule has 1 saturated heterocycles. The molecule has 0 bridgehead atoms. The third kappa shape index (κ3) is 7.45. The average Bonchev–Trinajstić information content (AvgIpc) is 3.85. The summed E-state index contributed by atoms with van der Waals surface area (Å²) in [7, 11) is 0. The summed E-state index contributed by atoms with van der Waals surface area (Å²) in [6.45, 7) is 8.46. The number of amides is 2. The van der Waals surface area contributed by atoms with Gasteiger partial charge in [-0.1, -0.05) is 24.3 Å². The first-order chi connectivity index (χ1) is 22.8. The van der Waals surface area contributed by atoms with Gasteiger partial charge in [0, 0.05) is 48.0 Å². The number of hydrogen-bond acceptors (Lipinski definition) is 8. The van der Waals surface area contributed by atoms with Crippen LogP contribution in [0, 0.1) is 18.8 Å². The molecular weight excluding hydrogens is 625 g/mol. The predicted octanol–water partition coefficient (Wildman–Crippen LogP) is 7.74. The molecule has 13 heteroatoms. The summed E-state index contributed by atoms with van der Waals surface area (Å²) in [5, 5.41) is 7.33. The van der Waals surface area contributed by atoms with E-state index in [0.29, 0.717) is 52.5 Å². The molecular formula is C35H37F3N6O4. The molecule has 2 aromatic heterocycles. The van der Waals surface area contributed by atoms with Crippen LogP contribution in [0.4, 0.5) is 29.6 Å². The number of benzene rings is 2. The Kier molecular flexibility index (Phi) is 8.88. The number of fused-ring (bicyclic) bond motifs is 1. The minimum absolute atomic E-state index is 0.0709. The van der Waals surface area contributed by atoms with Crippen molar-refractivity contribution in [3.8, 4) is 22.9 Å². The second kappa shape index (κ2) is 12.9. The highest BCUT2D eigenvalue weighted by Gasteiger charge is 2.58. The number of carbonyl (C=O) groups excluding carboxylic acids is 2. The van der Waals surface area contributed by atoms with E-state index in [-0.39, 0.29) is 24.4 Å². The molecule has 2 fully saturated rings. The predicted molar refractivity (Wildman–Crippen MR) is 175 cm³/mol. The summed E-state index contributed by atoms with van der Waals surface area (Å²) in [5.41, 5.74) is 1.77. The Labute approximate surface area is 276 Å². The van der Waals surface area contributed by atoms with Crippen molar-refractivity contribution < 1.29 is 32.2 Å². The van der Waals surface area contributed by atoms with Crippen LogP contribution in [0.3, 0.4) is 0 Å². The van der Waals surface area contributed by atoms with Crippen molar-refractivity contribution in [2.45, 2.75) is 64.8 Å². The van der Waals surface area contributed by atoms with Crippen LogP contribution in [0.1, 0.15) is 45.6 Å². The van der Waals surface area contributed by atoms with Crippen LogP contribution in [0.25, 0.3) is 22.0 Å². The molecule has 3 atom stereocenters. The molecule has 1 aliphatic carbocycles. The average molecular weight is 663 g/mol. The number of ether oxygens (including phenoxy) is 2. The van der Waals surface area contributed by atoms with Gasteiger partial charge in [-0.25, -0.2) is 19.7 Å². The van der Waals surface area contributed by atoms with Gasteiger partial charge in [-0.3, -0.25) is 4.79 Å². The summed E-state index contributed by atoms with van der Waals surface area (Å²) < 4.78 is 51.3. The van der Waals surface area contributed by atoms with Crippen LogP contribution in [-0.4, -0.2) is 62.8 Å². The molecule has 6 rings (SSSR count). The fraction of sp³-hybridized carbons (Fsp3) is 0.400. The lowest BCUT2D eigenvalue weighted by atomic mass is 10.0. The molecule has 1 saturated carbocycles. The number of anilines is 2. The van der Waals surface area contributed by atoms with E-state index in [2.05, 4.69) is 20.6 Å². The fourth-order valence-electron chi connectivity index (χ4n) is 5.87. The second-order valence-electron chi connectivity index (χ2n) is 13.2. The monoisotopic (exact) mass is 662 g/mol. The van der Waals surface area contributed by atoms with Gasteiger partial charge in [0.2, 0.25) is 17.7 Å². The van der Waals surface area contributed by atoms with Crippen molar-refractivity contribution in [3.05, 3.63) is 66.5 Å². The molecule has 0 spiro atoms. The maximum Gasteiger partial charge on any atom is 0.410 e. The number of halogens is 3. The molecule has 2 amide bonds. The molecule has 1 aliphatic heterocycles. The Balaban J connectivity index is 1.22. The van der Waals surface area contributed by atoms with E-state index < -0.39 is 29.5 Å². The number of piperidine rings is 1. The Morgan fingerprint density at radius 3 is 2.54 bits per heavy atom. The third-order valence-electron chi connectivity index (χ3n) is 8.32. The maximum atomic E-state index is 13.1. The van der Waals surface area contributed by atoms with Crippen molar-refractivity contribution in [2.24, 2.45) is 11.8 Å². The first-order valence-electron chi connectivity index (χ1n) is 15.9. The summed E-state index contributed by atoms with van der Waals surface area (Å²) in [4.78, 5) is 40.7. The lowest BCUT2D eigenvalue weighted by Gasteiger charge is -2.34. The summed E-state index contributed by atoms with van der Waals surface area (Å²) in [5.74, 6) is -2.19. The Hall–Kier alpha value is -4.94. The zero-order valence-electron chi connectivity index (χ0n) is 27.1. The van der Waals surface area contributed by atoms with Crippen LogP contribution in [0.2, 0.25) is 0 Å². The minimum Gasteiger partial charge on any atom is -0.444 e. The van der Waals surface area contributed by atoms with Crippen molar-refractivity contribution >= 4 is 34.4 Å². The second-order valence-corrected chi connectivity index (χ2v) is 13.2. The highest BCUT2D eigenvalue weighted by molar-refractivity contribution is 6.05. The van der Waals surface area contributed by atoms with Crippen LogP contribution in [-0.2, 0) is 9.53 Å². The van der Waals surface area contributed by atoms with Gasteiger partial charge >= 0.3 is 12.3 Å². The van der Waals surface area contributed by atoms with E-state index in [9.17, 15) is 22.8 Å². The van der Waals surface area contributed by atoms with E-state index in [0.717, 1.165) is 18.4 Å². The van der Waals surface area contributed by atoms with Gasteiger partial charge in [0.15, 0.2) is 0 Å². The first-order valence-corrected chi connectivity index (χ1v) is 15.9. The zero-order valence-corrected chi connectivity index (χ0v) is 27.1. The van der Waals surface area contributed by atoms with Crippen LogP contribution in [0.15, 0.2) is 60.9 Å². The Bertz CT molecular complexity index is 1840. The number of carbonyl (C=O) groups is 2. The SMILES string of the molecule is Cc1ccc2c(NC(=O)C3CC3C(F)(F)F)cccc2c1Oc1ncccc1-c1ccnc(N[C@H]2CCCN(C(=O)OC(C)(C)C)C2)n1. The van der Waals surface area contributed by atoms with Crippen molar-refractivity contribution in [2.75, 3.05) is 23.7 Å². The molecule has 2 aromatic carbocycles. The number of pyridine rings is 1. The smallest absolute Gasteiger partial charge is 0.410 e. The molecule has 252 valence electrons. The quantitative estimate of drug-likeness (QED) is 0.206. The molecule has 0 radical (unpaired) electrons. The fourth-order valence-corrected chi connectivity index (χ4v) is 5.87. The molecule has 2 aliphatic rings. The number of hydrogen-bond donors (Lipinski definition) is 2. The first kappa shape index (κ1) is 33.0. The molecule has 10 nitrogen and oxygen atoms in total. The number of alkyl halides is 3. The molecule has 4 aromatic rings. The van der Waals surface area contributed by atoms with Gasteiger partial charge in [-0.15, -0.1) is 0 Å². The minimum atomic E-state index is -4.39. The van der Waals surface area contributed by atoms with E-state index in [4.69, 9.17) is 14.5 Å². The normalized spacial score (nSPS) is 19.5. The number of aryl methyl sites for hydroxylation is 1. The van der Waals surface area contributed by atoms with Gasteiger partial charge in [0.25, 0.3) is 0 Å². The molecule has 3 heterocycles. The van der Waals surface area contributed by atoms with E-state index in [1.54, 1.807) is 47.6 Å². The van der Waals surface area contributed by atoms with Gasteiger partial charge in [0.1, 0.15) is 11.4 Å². The largest absolute Gasteiger partial charge is 0.444 e. The lowest BCUT2D eigenvalue weighted by Crippen LogP contribution is -2.47. The van der Waals surface area contributed by atoms with Crippen LogP contribution < -0.4 is 15.4 Å². The van der Waals surface area contributed by atoms with E-state index in [1.807, 2.05) is 45.9 Å². The number of aromatic nitrogens is 3. The highest BCUT2D eigenvalue weighted by Crippen LogP contribution is 2.50. The van der Waals surface area contributed by atoms with Gasteiger partial charge in [0.05, 0.1) is 23.1 Å². The topological polar surface area (TPSA) is 119 Å². The van der Waals surface area contributed by atoms with Gasteiger partial charge < -0.3 is 25.0 Å². The highest BCUT2D eigenvalue weighted by atomic mass is 19.4. The lowest BCUT2D eigenvalue weighted by molar-refractivity contribution is -0.153. The number of nitrogens with zero attached hydrogens (tertiary/aromatic N) is 4. The van der Waals surface area contributed by atoms with E-state index >= 15 is 0 Å². The Morgan fingerprint density at radius 2 is 1.79 bits per heavy atom. The molecule has 48 heavy (non-hydrogen) atoms. The molecule has 2 N–H and O–H groups in total. The summed E-state index contributed by atoms with van der Waals surface area (Å²) in [6.07, 6.45) is -0.0674. The van der Waals surface area contributed by atoms with Crippen molar-refractivity contribution in [1.82, 2.24) is 19.9 Å². The van der Waals surface area contributed by atoms with Gasteiger partial charge in [-0.2, -0.15) is 13.2 Å². The molecule has 2 unspecified atom stereocenters. The Morgan fingerprint density at radius 1 is 0.979 bits per heavy atom. The van der Waals surface area contributed by atoms with Crippen molar-refractivity contribution in [1.29, 1.82) is 0 Å². The van der Waals surface area contributed by atoms with E-state index in [1.165, 1.54) is 0 Å². The van der Waals surface area contributed by atoms with Crippen LogP contribution >= 0.6 is 0 Å². The van der Waals surface area contributed by atoms with Crippen molar-refractivity contribution in [3.63, 3.8) is 0 Å². The summed E-state index contributed by atoms with van der Waals surface area (Å²) >= 11 is 0. The summed E-state index contributed by atoms with van der Waals surface area (Å²) in [6, 6.07) is 14.1.